The van der Waals surface area contributed by atoms with Gasteiger partial charge < -0.3 is 14.8 Å². The molecule has 150 valence electrons. The molecule has 1 N–H and O–H groups in total. The number of nitrogens with one attached hydrogen (secondary N) is 1. The van der Waals surface area contributed by atoms with Crippen molar-refractivity contribution in [3.8, 4) is 5.75 Å². The minimum Gasteiger partial charge on any atom is -0.460 e. The molecule has 3 rings (SSSR count). The summed E-state index contributed by atoms with van der Waals surface area (Å²) in [6.45, 7) is 5.23. The molecule has 0 radical (unpaired) electrons. The van der Waals surface area contributed by atoms with E-state index in [2.05, 4.69) is 19.2 Å². The number of halogens is 1. The molecule has 2 aromatic carbocycles. The monoisotopic (exact) mass is 403 g/mol. The summed E-state index contributed by atoms with van der Waals surface area (Å²) >= 11 is 1.45. The number of thioether (sulfide) groups is 1. The molecule has 1 aliphatic heterocycles. The van der Waals surface area contributed by atoms with Crippen molar-refractivity contribution in [2.24, 2.45) is 5.92 Å². The third-order valence-corrected chi connectivity index (χ3v) is 5.41. The van der Waals surface area contributed by atoms with E-state index in [-0.39, 0.29) is 11.7 Å². The van der Waals surface area contributed by atoms with Gasteiger partial charge in [-0.05, 0) is 24.5 Å². The predicted octanol–water partition coefficient (Wildman–Crippen LogP) is 4.83. The molecule has 2 aromatic rings. The Kier molecular flexibility index (Phi) is 7.34. The molecule has 4 nitrogen and oxygen atoms in total. The largest absolute Gasteiger partial charge is 0.460 e. The molecule has 1 amide bonds. The van der Waals surface area contributed by atoms with Gasteiger partial charge in [0.05, 0.1) is 12.4 Å². The Bertz CT molecular complexity index is 798. The summed E-state index contributed by atoms with van der Waals surface area (Å²) in [5, 5.41) is 2.92. The molecular formula is C22H26FNO3S. The zero-order valence-corrected chi connectivity index (χ0v) is 17.1. The fourth-order valence-electron chi connectivity index (χ4n) is 2.96. The van der Waals surface area contributed by atoms with Crippen molar-refractivity contribution in [2.75, 3.05) is 12.3 Å². The Balaban J connectivity index is 1.61. The molecule has 0 spiro atoms. The van der Waals surface area contributed by atoms with Gasteiger partial charge in [-0.25, -0.2) is 4.39 Å². The summed E-state index contributed by atoms with van der Waals surface area (Å²) in [5.41, 5.74) is 2.36. The van der Waals surface area contributed by atoms with E-state index >= 15 is 0 Å². The van der Waals surface area contributed by atoms with Gasteiger partial charge in [0, 0.05) is 29.0 Å². The van der Waals surface area contributed by atoms with Gasteiger partial charge in [0.2, 0.25) is 12.2 Å². The number of carbonyl (C=O) groups is 1. The lowest BCUT2D eigenvalue weighted by Crippen LogP contribution is -2.27. The van der Waals surface area contributed by atoms with Crippen molar-refractivity contribution in [2.45, 2.75) is 38.9 Å². The smallest absolute Gasteiger partial charge is 0.230 e. The molecule has 0 saturated carbocycles. The van der Waals surface area contributed by atoms with Crippen LogP contribution in [-0.4, -0.2) is 18.2 Å². The molecule has 1 atom stereocenters. The number of fused-ring (bicyclic) bond motifs is 1. The van der Waals surface area contributed by atoms with Gasteiger partial charge in [-0.2, -0.15) is 0 Å². The maximum absolute atomic E-state index is 14.0. The minimum absolute atomic E-state index is 0.00216. The number of rotatable bonds is 8. The molecule has 28 heavy (non-hydrogen) atoms. The van der Waals surface area contributed by atoms with Crippen LogP contribution in [0.15, 0.2) is 42.5 Å². The number of hydrogen-bond donors (Lipinski definition) is 1. The Morgan fingerprint density at radius 2 is 2.07 bits per heavy atom. The second-order valence-electron chi connectivity index (χ2n) is 7.25. The number of benzene rings is 2. The Hall–Kier alpha value is -2.05. The third-order valence-electron chi connectivity index (χ3n) is 4.43. The van der Waals surface area contributed by atoms with Crippen molar-refractivity contribution in [3.05, 3.63) is 65.0 Å². The van der Waals surface area contributed by atoms with Gasteiger partial charge in [-0.3, -0.25) is 4.79 Å². The van der Waals surface area contributed by atoms with Crippen molar-refractivity contribution in [3.63, 3.8) is 0 Å². The van der Waals surface area contributed by atoms with Crippen LogP contribution in [0.3, 0.4) is 0 Å². The highest BCUT2D eigenvalue weighted by atomic mass is 32.2. The predicted molar refractivity (Wildman–Crippen MR) is 110 cm³/mol. The SMILES string of the molecule is CC(C)CCNC(=O)CSCc1cc(F)cc2c1O[C@H](c1ccccc1)OC2. The number of carbonyl (C=O) groups excluding carboxylic acids is 1. The van der Waals surface area contributed by atoms with Crippen LogP contribution < -0.4 is 10.1 Å². The van der Waals surface area contributed by atoms with E-state index in [1.165, 1.54) is 23.9 Å². The van der Waals surface area contributed by atoms with Crippen molar-refractivity contribution < 1.29 is 18.7 Å². The zero-order chi connectivity index (χ0) is 19.9. The quantitative estimate of drug-likeness (QED) is 0.686. The van der Waals surface area contributed by atoms with Crippen molar-refractivity contribution >= 4 is 17.7 Å². The van der Waals surface area contributed by atoms with E-state index in [0.29, 0.717) is 41.9 Å². The number of hydrogen-bond acceptors (Lipinski definition) is 4. The van der Waals surface area contributed by atoms with E-state index in [9.17, 15) is 9.18 Å². The highest BCUT2D eigenvalue weighted by Crippen LogP contribution is 2.37. The van der Waals surface area contributed by atoms with Gasteiger partial charge in [0.1, 0.15) is 11.6 Å². The Morgan fingerprint density at radius 3 is 2.82 bits per heavy atom. The maximum Gasteiger partial charge on any atom is 0.230 e. The molecule has 0 aromatic heterocycles. The summed E-state index contributed by atoms with van der Waals surface area (Å²) in [7, 11) is 0. The molecular weight excluding hydrogens is 377 g/mol. The van der Waals surface area contributed by atoms with Crippen LogP contribution in [0.1, 0.15) is 43.2 Å². The van der Waals surface area contributed by atoms with E-state index in [1.54, 1.807) is 0 Å². The molecule has 1 heterocycles. The first-order chi connectivity index (χ1) is 13.5. The lowest BCUT2D eigenvalue weighted by atomic mass is 10.1. The Labute approximate surface area is 169 Å². The molecule has 0 fully saturated rings. The Morgan fingerprint density at radius 1 is 1.29 bits per heavy atom. The van der Waals surface area contributed by atoms with E-state index in [0.717, 1.165) is 17.5 Å². The first-order valence-corrected chi connectivity index (χ1v) is 10.7. The van der Waals surface area contributed by atoms with Crippen LogP contribution >= 0.6 is 11.8 Å². The third kappa shape index (κ3) is 5.72. The molecule has 0 unspecified atom stereocenters. The molecule has 0 bridgehead atoms. The van der Waals surface area contributed by atoms with Gasteiger partial charge in [-0.1, -0.05) is 44.2 Å². The lowest BCUT2D eigenvalue weighted by Gasteiger charge is -2.28. The second kappa shape index (κ2) is 9.94. The van der Waals surface area contributed by atoms with Crippen LogP contribution in [0.25, 0.3) is 0 Å². The maximum atomic E-state index is 14.0. The zero-order valence-electron chi connectivity index (χ0n) is 16.2. The summed E-state index contributed by atoms with van der Waals surface area (Å²) in [6, 6.07) is 12.6. The first-order valence-electron chi connectivity index (χ1n) is 9.52. The fourth-order valence-corrected chi connectivity index (χ4v) is 3.79. The number of ether oxygens (including phenoxy) is 2. The van der Waals surface area contributed by atoms with Gasteiger partial charge in [-0.15, -0.1) is 11.8 Å². The topological polar surface area (TPSA) is 47.6 Å². The van der Waals surface area contributed by atoms with E-state index in [1.807, 2.05) is 30.3 Å². The summed E-state index contributed by atoms with van der Waals surface area (Å²) in [6.07, 6.45) is 0.449. The summed E-state index contributed by atoms with van der Waals surface area (Å²) in [4.78, 5) is 12.0. The number of amides is 1. The highest BCUT2D eigenvalue weighted by Gasteiger charge is 2.25. The van der Waals surface area contributed by atoms with Gasteiger partial charge >= 0.3 is 0 Å². The molecule has 0 saturated heterocycles. The van der Waals surface area contributed by atoms with Crippen LogP contribution in [-0.2, 0) is 21.9 Å². The second-order valence-corrected chi connectivity index (χ2v) is 8.24. The minimum atomic E-state index is -0.512. The molecule has 6 heteroatoms. The molecule has 1 aliphatic rings. The van der Waals surface area contributed by atoms with Crippen LogP contribution in [0.2, 0.25) is 0 Å². The van der Waals surface area contributed by atoms with Crippen molar-refractivity contribution in [1.82, 2.24) is 5.32 Å². The fraction of sp³-hybridized carbons (Fsp3) is 0.409. The van der Waals surface area contributed by atoms with Crippen molar-refractivity contribution in [1.29, 1.82) is 0 Å². The van der Waals surface area contributed by atoms with E-state index in [4.69, 9.17) is 9.47 Å². The normalized spacial score (nSPS) is 15.8. The van der Waals surface area contributed by atoms with Gasteiger partial charge in [0.15, 0.2) is 0 Å². The highest BCUT2D eigenvalue weighted by molar-refractivity contribution is 7.99. The standard InChI is InChI=1S/C22H26FNO3S/c1-15(2)8-9-24-20(25)14-28-13-18-11-19(23)10-17-12-26-22(27-21(17)18)16-6-4-3-5-7-16/h3-7,10-11,15,22H,8-9,12-14H2,1-2H3,(H,24,25)/t22-/m1/s1. The van der Waals surface area contributed by atoms with E-state index < -0.39 is 6.29 Å². The van der Waals surface area contributed by atoms with Crippen LogP contribution in [0.5, 0.6) is 5.75 Å². The first kappa shape index (κ1) is 20.7. The van der Waals surface area contributed by atoms with Gasteiger partial charge in [0.25, 0.3) is 0 Å². The van der Waals surface area contributed by atoms with Crippen LogP contribution in [0.4, 0.5) is 4.39 Å². The average Bonchev–Trinajstić information content (AvgIpc) is 2.68. The van der Waals surface area contributed by atoms with Crippen LogP contribution in [0, 0.1) is 11.7 Å². The summed E-state index contributed by atoms with van der Waals surface area (Å²) < 4.78 is 25.8. The molecule has 0 aliphatic carbocycles. The summed E-state index contributed by atoms with van der Waals surface area (Å²) in [5.74, 6) is 1.74. The lowest BCUT2D eigenvalue weighted by molar-refractivity contribution is -0.118. The average molecular weight is 404 g/mol.